The first-order valence-corrected chi connectivity index (χ1v) is 10.5. The second-order valence-corrected chi connectivity index (χ2v) is 7.80. The Kier molecular flexibility index (Phi) is 8.56. The number of benzene rings is 1. The Labute approximate surface area is 182 Å². The van der Waals surface area contributed by atoms with Gasteiger partial charge >= 0.3 is 18.0 Å². The van der Waals surface area contributed by atoms with Gasteiger partial charge in [0.15, 0.2) is 0 Å². The second kappa shape index (κ2) is 10.9. The summed E-state index contributed by atoms with van der Waals surface area (Å²) in [6.45, 7) is 4.96. The number of nitrogens with one attached hydrogen (secondary N) is 1. The predicted octanol–water partition coefficient (Wildman–Crippen LogP) is 1.88. The van der Waals surface area contributed by atoms with Crippen molar-refractivity contribution in [1.82, 2.24) is 10.2 Å². The SMILES string of the molecule is CCN(C(=O)OCc1ccccc1)[C@@H](C)C(=O)N[C@@H](C)C(=O)OC(=O)C1(N)CCCC1. The van der Waals surface area contributed by atoms with Gasteiger partial charge in [0.1, 0.15) is 24.2 Å². The highest BCUT2D eigenvalue weighted by Crippen LogP contribution is 2.28. The summed E-state index contributed by atoms with van der Waals surface area (Å²) in [5.74, 6) is -2.24. The molecule has 0 heterocycles. The summed E-state index contributed by atoms with van der Waals surface area (Å²) in [4.78, 5) is 50.6. The molecule has 3 N–H and O–H groups in total. The minimum Gasteiger partial charge on any atom is -0.445 e. The van der Waals surface area contributed by atoms with E-state index < -0.39 is 41.6 Å². The van der Waals surface area contributed by atoms with E-state index in [1.165, 1.54) is 18.7 Å². The van der Waals surface area contributed by atoms with Crippen LogP contribution >= 0.6 is 0 Å². The molecule has 1 aromatic carbocycles. The third-order valence-electron chi connectivity index (χ3n) is 5.44. The number of hydrogen-bond donors (Lipinski definition) is 2. The molecule has 1 saturated carbocycles. The van der Waals surface area contributed by atoms with Crippen LogP contribution in [-0.2, 0) is 30.5 Å². The maximum atomic E-state index is 12.6. The summed E-state index contributed by atoms with van der Waals surface area (Å²) < 4.78 is 10.2. The van der Waals surface area contributed by atoms with Crippen molar-refractivity contribution in [2.24, 2.45) is 5.73 Å². The number of amides is 2. The first-order chi connectivity index (χ1) is 14.7. The minimum atomic E-state index is -1.14. The number of hydrogen-bond acceptors (Lipinski definition) is 7. The molecule has 0 bridgehead atoms. The molecule has 2 amide bonds. The summed E-state index contributed by atoms with van der Waals surface area (Å²) in [5.41, 5.74) is 5.67. The van der Waals surface area contributed by atoms with E-state index >= 15 is 0 Å². The van der Waals surface area contributed by atoms with Crippen LogP contribution in [0.5, 0.6) is 0 Å². The van der Waals surface area contributed by atoms with Gasteiger partial charge in [-0.15, -0.1) is 0 Å². The van der Waals surface area contributed by atoms with Crippen LogP contribution in [-0.4, -0.2) is 53.0 Å². The van der Waals surface area contributed by atoms with Crippen molar-refractivity contribution < 1.29 is 28.7 Å². The zero-order chi connectivity index (χ0) is 23.0. The molecule has 9 heteroatoms. The number of esters is 2. The lowest BCUT2D eigenvalue weighted by atomic mass is 10.00. The van der Waals surface area contributed by atoms with Gasteiger partial charge in [0, 0.05) is 6.54 Å². The van der Waals surface area contributed by atoms with Crippen molar-refractivity contribution in [3.8, 4) is 0 Å². The first-order valence-electron chi connectivity index (χ1n) is 10.5. The molecule has 2 rings (SSSR count). The third kappa shape index (κ3) is 6.52. The number of carbonyl (C=O) groups is 4. The molecule has 0 saturated heterocycles. The Morgan fingerprint density at radius 2 is 1.74 bits per heavy atom. The number of ether oxygens (including phenoxy) is 2. The Balaban J connectivity index is 1.87. The Morgan fingerprint density at radius 3 is 2.32 bits per heavy atom. The molecule has 1 aliphatic carbocycles. The normalized spacial score (nSPS) is 16.6. The molecule has 0 aliphatic heterocycles. The minimum absolute atomic E-state index is 0.0796. The summed E-state index contributed by atoms with van der Waals surface area (Å²) >= 11 is 0. The van der Waals surface area contributed by atoms with E-state index in [0.29, 0.717) is 12.8 Å². The lowest BCUT2D eigenvalue weighted by Crippen LogP contribution is -2.53. The van der Waals surface area contributed by atoms with Crippen molar-refractivity contribution >= 4 is 23.9 Å². The molecule has 0 spiro atoms. The van der Waals surface area contributed by atoms with Crippen molar-refractivity contribution in [1.29, 1.82) is 0 Å². The molecule has 1 aromatic rings. The van der Waals surface area contributed by atoms with E-state index in [9.17, 15) is 19.2 Å². The Hall–Kier alpha value is -2.94. The second-order valence-electron chi connectivity index (χ2n) is 7.80. The van der Waals surface area contributed by atoms with Crippen LogP contribution < -0.4 is 11.1 Å². The molecule has 0 radical (unpaired) electrons. The summed E-state index contributed by atoms with van der Waals surface area (Å²) in [6.07, 6.45) is 1.89. The standard InChI is InChI=1S/C22H31N3O6/c1-4-25(21(29)30-14-17-10-6-5-7-11-17)16(3)18(26)24-15(2)19(27)31-20(28)22(23)12-8-9-13-22/h5-7,10-11,15-16H,4,8-9,12-14,23H2,1-3H3,(H,24,26)/t15-,16-/m0/s1. The summed E-state index contributed by atoms with van der Waals surface area (Å²) in [6, 6.07) is 7.20. The zero-order valence-electron chi connectivity index (χ0n) is 18.3. The molecule has 170 valence electrons. The highest BCUT2D eigenvalue weighted by atomic mass is 16.6. The smallest absolute Gasteiger partial charge is 0.410 e. The van der Waals surface area contributed by atoms with E-state index in [4.69, 9.17) is 15.2 Å². The Bertz CT molecular complexity index is 792. The lowest BCUT2D eigenvalue weighted by Gasteiger charge is -2.27. The van der Waals surface area contributed by atoms with Crippen LogP contribution in [0.25, 0.3) is 0 Å². The van der Waals surface area contributed by atoms with E-state index in [0.717, 1.165) is 18.4 Å². The van der Waals surface area contributed by atoms with E-state index in [1.807, 2.05) is 30.3 Å². The van der Waals surface area contributed by atoms with Gasteiger partial charge in [-0.05, 0) is 39.2 Å². The molecule has 9 nitrogen and oxygen atoms in total. The maximum absolute atomic E-state index is 12.6. The first kappa shape index (κ1) is 24.3. The van der Waals surface area contributed by atoms with Gasteiger partial charge in [0.05, 0.1) is 0 Å². The van der Waals surface area contributed by atoms with Crippen molar-refractivity contribution in [2.75, 3.05) is 6.54 Å². The molecule has 2 atom stereocenters. The molecule has 0 unspecified atom stereocenters. The molecule has 1 fully saturated rings. The van der Waals surface area contributed by atoms with Gasteiger partial charge < -0.3 is 20.5 Å². The molecular weight excluding hydrogens is 402 g/mol. The van der Waals surface area contributed by atoms with Gasteiger partial charge in [0.2, 0.25) is 5.91 Å². The fourth-order valence-electron chi connectivity index (χ4n) is 3.39. The number of nitrogens with two attached hydrogens (primary N) is 1. The molecule has 1 aliphatic rings. The van der Waals surface area contributed by atoms with E-state index in [1.54, 1.807) is 6.92 Å². The lowest BCUT2D eigenvalue weighted by molar-refractivity contribution is -0.165. The number of likely N-dealkylation sites (N-methyl/N-ethyl adjacent to an activating group) is 1. The highest BCUT2D eigenvalue weighted by Gasteiger charge is 2.40. The van der Waals surface area contributed by atoms with E-state index in [-0.39, 0.29) is 13.2 Å². The van der Waals surface area contributed by atoms with E-state index in [2.05, 4.69) is 5.32 Å². The molecule has 31 heavy (non-hydrogen) atoms. The average Bonchev–Trinajstić information content (AvgIpc) is 3.21. The Morgan fingerprint density at radius 1 is 1.13 bits per heavy atom. The molecule has 0 aromatic heterocycles. The van der Waals surface area contributed by atoms with Crippen LogP contribution in [0.1, 0.15) is 52.0 Å². The van der Waals surface area contributed by atoms with Gasteiger partial charge in [0.25, 0.3) is 0 Å². The fourth-order valence-corrected chi connectivity index (χ4v) is 3.39. The van der Waals surface area contributed by atoms with Crippen molar-refractivity contribution in [3.63, 3.8) is 0 Å². The predicted molar refractivity (Wildman–Crippen MR) is 113 cm³/mol. The number of rotatable bonds is 8. The van der Waals surface area contributed by atoms with Gasteiger partial charge in [-0.25, -0.2) is 14.4 Å². The van der Waals surface area contributed by atoms with Crippen LogP contribution in [0, 0.1) is 0 Å². The summed E-state index contributed by atoms with van der Waals surface area (Å²) in [7, 11) is 0. The van der Waals surface area contributed by atoms with Crippen molar-refractivity contribution in [3.05, 3.63) is 35.9 Å². The van der Waals surface area contributed by atoms with Crippen molar-refractivity contribution in [2.45, 2.75) is 70.7 Å². The zero-order valence-corrected chi connectivity index (χ0v) is 18.3. The average molecular weight is 434 g/mol. The quantitative estimate of drug-likeness (QED) is 0.473. The van der Waals surface area contributed by atoms with Gasteiger partial charge in [-0.3, -0.25) is 9.69 Å². The van der Waals surface area contributed by atoms with Crippen LogP contribution in [0.15, 0.2) is 30.3 Å². The largest absolute Gasteiger partial charge is 0.445 e. The molecular formula is C22H31N3O6. The van der Waals surface area contributed by atoms with Crippen LogP contribution in [0.2, 0.25) is 0 Å². The number of carbonyl (C=O) groups excluding carboxylic acids is 4. The highest BCUT2D eigenvalue weighted by molar-refractivity contribution is 5.95. The monoisotopic (exact) mass is 433 g/mol. The third-order valence-corrected chi connectivity index (χ3v) is 5.44. The summed E-state index contributed by atoms with van der Waals surface area (Å²) in [5, 5.41) is 2.48. The van der Waals surface area contributed by atoms with Crippen LogP contribution in [0.4, 0.5) is 4.79 Å². The van der Waals surface area contributed by atoms with Gasteiger partial charge in [-0.2, -0.15) is 0 Å². The fraction of sp³-hybridized carbons (Fsp3) is 0.545. The number of nitrogens with zero attached hydrogens (tertiary/aromatic N) is 1. The topological polar surface area (TPSA) is 128 Å². The van der Waals surface area contributed by atoms with Crippen LogP contribution in [0.3, 0.4) is 0 Å². The van der Waals surface area contributed by atoms with Gasteiger partial charge in [-0.1, -0.05) is 43.2 Å². The maximum Gasteiger partial charge on any atom is 0.410 e.